The van der Waals surface area contributed by atoms with E-state index in [0.29, 0.717) is 5.92 Å². The van der Waals surface area contributed by atoms with E-state index in [-0.39, 0.29) is 24.1 Å². The Morgan fingerprint density at radius 1 is 1.04 bits per heavy atom. The number of benzene rings is 2. The van der Waals surface area contributed by atoms with Crippen LogP contribution in [0, 0.1) is 18.8 Å². The second kappa shape index (κ2) is 9.09. The first-order chi connectivity index (χ1) is 12.4. The van der Waals surface area contributed by atoms with Crippen LogP contribution in [-0.4, -0.2) is 35.8 Å². The summed E-state index contributed by atoms with van der Waals surface area (Å²) in [5.74, 6) is 1.03. The van der Waals surface area contributed by atoms with Crippen molar-refractivity contribution in [1.29, 1.82) is 0 Å². The molecule has 0 saturated heterocycles. The van der Waals surface area contributed by atoms with Gasteiger partial charge in [0.05, 0.1) is 5.60 Å². The highest BCUT2D eigenvalue weighted by atomic mass is 35.5. The molecule has 3 unspecified atom stereocenters. The van der Waals surface area contributed by atoms with Crippen molar-refractivity contribution in [3.05, 3.63) is 65.2 Å². The Balaban J connectivity index is 0.00000261. The summed E-state index contributed by atoms with van der Waals surface area (Å²) >= 11 is 0. The molecule has 0 heterocycles. The Kier molecular flexibility index (Phi) is 7.32. The molecule has 4 heteroatoms. The van der Waals surface area contributed by atoms with Gasteiger partial charge >= 0.3 is 0 Å². The smallest absolute Gasteiger partial charge is 0.115 e. The minimum absolute atomic E-state index is 0. The summed E-state index contributed by atoms with van der Waals surface area (Å²) in [4.78, 5) is 2.17. The summed E-state index contributed by atoms with van der Waals surface area (Å²) in [6, 6.07) is 15.9. The van der Waals surface area contributed by atoms with Crippen molar-refractivity contribution in [3.63, 3.8) is 0 Å². The first-order valence-electron chi connectivity index (χ1n) is 9.59. The number of rotatable bonds is 5. The number of halogens is 1. The van der Waals surface area contributed by atoms with Gasteiger partial charge in [-0.05, 0) is 75.9 Å². The van der Waals surface area contributed by atoms with Crippen LogP contribution in [0.5, 0.6) is 5.75 Å². The van der Waals surface area contributed by atoms with Crippen LogP contribution in [0.25, 0.3) is 0 Å². The van der Waals surface area contributed by atoms with E-state index in [1.807, 2.05) is 12.1 Å². The number of hydrogen-bond acceptors (Lipinski definition) is 3. The molecule has 3 atom stereocenters. The van der Waals surface area contributed by atoms with Gasteiger partial charge in [0.15, 0.2) is 0 Å². The van der Waals surface area contributed by atoms with Gasteiger partial charge in [0.2, 0.25) is 0 Å². The number of aromatic hydroxyl groups is 1. The van der Waals surface area contributed by atoms with E-state index < -0.39 is 5.60 Å². The van der Waals surface area contributed by atoms with Gasteiger partial charge in [-0.25, -0.2) is 0 Å². The minimum Gasteiger partial charge on any atom is -0.508 e. The van der Waals surface area contributed by atoms with Gasteiger partial charge in [0, 0.05) is 12.5 Å². The van der Waals surface area contributed by atoms with Crippen LogP contribution in [0.1, 0.15) is 36.0 Å². The fourth-order valence-electron chi connectivity index (χ4n) is 4.38. The molecule has 0 aliphatic heterocycles. The van der Waals surface area contributed by atoms with Gasteiger partial charge in [-0.3, -0.25) is 0 Å². The monoisotopic (exact) mass is 389 g/mol. The molecule has 2 N–H and O–H groups in total. The maximum absolute atomic E-state index is 11.6. The zero-order valence-corrected chi connectivity index (χ0v) is 17.4. The predicted octanol–water partition coefficient (Wildman–Crippen LogP) is 4.53. The van der Waals surface area contributed by atoms with Crippen molar-refractivity contribution in [2.75, 3.05) is 20.6 Å². The zero-order chi connectivity index (χ0) is 18.7. The molecule has 148 valence electrons. The Hall–Kier alpha value is -1.55. The first kappa shape index (κ1) is 21.7. The topological polar surface area (TPSA) is 43.7 Å². The Morgan fingerprint density at radius 3 is 2.26 bits per heavy atom. The fraction of sp³-hybridized carbons (Fsp3) is 0.478. The van der Waals surface area contributed by atoms with Gasteiger partial charge in [-0.2, -0.15) is 0 Å². The standard InChI is InChI=1S/C23H31NO2.ClH/c1-17-4-6-18(7-5-17)14-19-12-13-23(26,21(15-19)16-24(2)3)20-8-10-22(25)11-9-20;/h4-11,19,21,25-26H,12-16H2,1-3H3;1H. The summed E-state index contributed by atoms with van der Waals surface area (Å²) < 4.78 is 0. The second-order valence-electron chi connectivity index (χ2n) is 8.26. The van der Waals surface area contributed by atoms with Crippen molar-refractivity contribution >= 4 is 12.4 Å². The number of phenols is 1. The van der Waals surface area contributed by atoms with E-state index in [4.69, 9.17) is 0 Å². The summed E-state index contributed by atoms with van der Waals surface area (Å²) in [6.07, 6.45) is 3.89. The van der Waals surface area contributed by atoms with E-state index in [2.05, 4.69) is 50.2 Å². The molecule has 0 radical (unpaired) electrons. The van der Waals surface area contributed by atoms with Crippen molar-refractivity contribution < 1.29 is 10.2 Å². The summed E-state index contributed by atoms with van der Waals surface area (Å²) in [5.41, 5.74) is 2.79. The highest BCUT2D eigenvalue weighted by Gasteiger charge is 2.43. The van der Waals surface area contributed by atoms with Gasteiger partial charge < -0.3 is 15.1 Å². The average molecular weight is 390 g/mol. The fourth-order valence-corrected chi connectivity index (χ4v) is 4.38. The molecule has 0 aromatic heterocycles. The van der Waals surface area contributed by atoms with Crippen LogP contribution >= 0.6 is 12.4 Å². The van der Waals surface area contributed by atoms with Gasteiger partial charge in [-0.15, -0.1) is 12.4 Å². The van der Waals surface area contributed by atoms with Crippen LogP contribution in [0.15, 0.2) is 48.5 Å². The number of nitrogens with zero attached hydrogens (tertiary/aromatic N) is 1. The number of hydrogen-bond donors (Lipinski definition) is 2. The van der Waals surface area contributed by atoms with Crippen molar-refractivity contribution in [2.45, 2.75) is 38.2 Å². The molecule has 1 saturated carbocycles. The molecule has 0 spiro atoms. The number of phenolic OH excluding ortho intramolecular Hbond substituents is 1. The molecule has 0 bridgehead atoms. The van der Waals surface area contributed by atoms with Gasteiger partial charge in [0.1, 0.15) is 5.75 Å². The van der Waals surface area contributed by atoms with Crippen LogP contribution < -0.4 is 0 Å². The predicted molar refractivity (Wildman–Crippen MR) is 114 cm³/mol. The van der Waals surface area contributed by atoms with Gasteiger partial charge in [0.25, 0.3) is 0 Å². The highest BCUT2D eigenvalue weighted by molar-refractivity contribution is 5.85. The van der Waals surface area contributed by atoms with Gasteiger partial charge in [-0.1, -0.05) is 42.0 Å². The van der Waals surface area contributed by atoms with E-state index >= 15 is 0 Å². The highest BCUT2D eigenvalue weighted by Crippen LogP contribution is 2.45. The Morgan fingerprint density at radius 2 is 1.67 bits per heavy atom. The molecular weight excluding hydrogens is 358 g/mol. The molecule has 1 aliphatic rings. The third kappa shape index (κ3) is 5.25. The number of aliphatic hydroxyl groups is 1. The summed E-state index contributed by atoms with van der Waals surface area (Å²) in [7, 11) is 4.14. The minimum atomic E-state index is -0.818. The van der Waals surface area contributed by atoms with Crippen molar-refractivity contribution in [3.8, 4) is 5.75 Å². The molecule has 3 nitrogen and oxygen atoms in total. The summed E-state index contributed by atoms with van der Waals surface area (Å²) in [6.45, 7) is 2.98. The lowest BCUT2D eigenvalue weighted by Crippen LogP contribution is -2.45. The lowest BCUT2D eigenvalue weighted by Gasteiger charge is -2.44. The molecule has 1 aliphatic carbocycles. The van der Waals surface area contributed by atoms with Crippen LogP contribution in [0.3, 0.4) is 0 Å². The summed E-state index contributed by atoms with van der Waals surface area (Å²) in [5, 5.41) is 21.1. The van der Waals surface area contributed by atoms with Crippen molar-refractivity contribution in [1.82, 2.24) is 4.90 Å². The molecule has 2 aromatic carbocycles. The van der Waals surface area contributed by atoms with E-state index in [0.717, 1.165) is 37.8 Å². The lowest BCUT2D eigenvalue weighted by atomic mass is 9.66. The molecule has 1 fully saturated rings. The molecule has 0 amide bonds. The molecular formula is C23H32ClNO2. The second-order valence-corrected chi connectivity index (χ2v) is 8.26. The first-order valence-corrected chi connectivity index (χ1v) is 9.59. The molecule has 2 aromatic rings. The quantitative estimate of drug-likeness (QED) is 0.789. The van der Waals surface area contributed by atoms with E-state index in [9.17, 15) is 10.2 Å². The van der Waals surface area contributed by atoms with E-state index in [1.54, 1.807) is 12.1 Å². The third-order valence-electron chi connectivity index (χ3n) is 5.82. The van der Waals surface area contributed by atoms with E-state index in [1.165, 1.54) is 11.1 Å². The third-order valence-corrected chi connectivity index (χ3v) is 5.82. The maximum atomic E-state index is 11.6. The molecule has 27 heavy (non-hydrogen) atoms. The lowest BCUT2D eigenvalue weighted by molar-refractivity contribution is -0.0752. The normalized spacial score (nSPS) is 25.2. The van der Waals surface area contributed by atoms with Crippen LogP contribution in [-0.2, 0) is 12.0 Å². The number of aryl methyl sites for hydroxylation is 1. The van der Waals surface area contributed by atoms with Crippen molar-refractivity contribution in [2.24, 2.45) is 11.8 Å². The molecule has 3 rings (SSSR count). The van der Waals surface area contributed by atoms with Crippen LogP contribution in [0.4, 0.5) is 0 Å². The maximum Gasteiger partial charge on any atom is 0.115 e. The Bertz CT molecular complexity index is 714. The zero-order valence-electron chi connectivity index (χ0n) is 16.6. The Labute approximate surface area is 169 Å². The largest absolute Gasteiger partial charge is 0.508 e. The van der Waals surface area contributed by atoms with Crippen LogP contribution in [0.2, 0.25) is 0 Å². The average Bonchev–Trinajstić information content (AvgIpc) is 2.60. The SMILES string of the molecule is Cc1ccc(CC2CCC(O)(c3ccc(O)cc3)C(CN(C)C)C2)cc1.Cl.